The van der Waals surface area contributed by atoms with Gasteiger partial charge in [-0.1, -0.05) is 23.9 Å². The normalized spacial score (nSPS) is 15.2. The highest BCUT2D eigenvalue weighted by Gasteiger charge is 2.15. The zero-order valence-corrected chi connectivity index (χ0v) is 24.3. The van der Waals surface area contributed by atoms with Crippen molar-refractivity contribution in [2.24, 2.45) is 0 Å². The first kappa shape index (κ1) is 28.7. The third-order valence-corrected chi connectivity index (χ3v) is 7.09. The van der Waals surface area contributed by atoms with Crippen molar-refractivity contribution in [2.45, 2.75) is 5.16 Å². The van der Waals surface area contributed by atoms with Gasteiger partial charge in [0.1, 0.15) is 23.3 Å². The average molecular weight is 593 g/mol. The van der Waals surface area contributed by atoms with Crippen molar-refractivity contribution in [3.8, 4) is 22.8 Å². The molecule has 214 valence electrons. The topological polar surface area (TPSA) is 157 Å². The molecule has 0 aliphatic carbocycles. The number of hydrogen-bond acceptors (Lipinski definition) is 13. The minimum absolute atomic E-state index is 0.360. The first-order valence-corrected chi connectivity index (χ1v) is 14.8. The Bertz CT molecular complexity index is 1520. The van der Waals surface area contributed by atoms with Gasteiger partial charge in [-0.2, -0.15) is 0 Å². The Morgan fingerprint density at radius 2 is 1.29 bits per heavy atom. The van der Waals surface area contributed by atoms with Crippen molar-refractivity contribution in [3.63, 3.8) is 0 Å². The van der Waals surface area contributed by atoms with Crippen LogP contribution in [-0.2, 0) is 9.47 Å². The highest BCUT2D eigenvalue weighted by atomic mass is 32.2. The van der Waals surface area contributed by atoms with Crippen molar-refractivity contribution in [1.29, 1.82) is 0 Å². The van der Waals surface area contributed by atoms with Crippen LogP contribution in [0, 0.1) is 4.77 Å². The second kappa shape index (κ2) is 13.7. The van der Waals surface area contributed by atoms with Gasteiger partial charge in [0.15, 0.2) is 9.93 Å². The number of nitrogens with zero attached hydrogens (tertiary/aromatic N) is 7. The highest BCUT2D eigenvalue weighted by molar-refractivity contribution is 7.98. The van der Waals surface area contributed by atoms with E-state index in [1.165, 1.54) is 11.8 Å². The Hall–Kier alpha value is -3.85. The standard InChI is InChI=1S/C14H17N5OS.C13H15N5OS/c1-21-14-17-11(9-12(15)18-14)10-3-2-4-13(16-10)19-5-7-20-8-6-19;14-11-8-10(16-13(20)17-11)9-2-1-3-12(15-9)18-4-6-19-7-5-18/h2-4,9H,5-8H2,1H3,(H2,15,17,18);1-3,8H,4-7H2,(H3,14,16,17,20). The van der Waals surface area contributed by atoms with Gasteiger partial charge in [-0.15, -0.1) is 0 Å². The number of thioether (sulfide) groups is 1. The molecule has 0 aromatic carbocycles. The fourth-order valence-electron chi connectivity index (χ4n) is 4.36. The Balaban J connectivity index is 0.000000165. The summed E-state index contributed by atoms with van der Waals surface area (Å²) in [5, 5.41) is 0.656. The molecule has 0 spiro atoms. The van der Waals surface area contributed by atoms with E-state index in [1.54, 1.807) is 12.1 Å². The third kappa shape index (κ3) is 7.67. The molecule has 4 aromatic heterocycles. The van der Waals surface area contributed by atoms with Crippen LogP contribution in [0.15, 0.2) is 53.7 Å². The van der Waals surface area contributed by atoms with Crippen LogP contribution < -0.4 is 21.3 Å². The van der Waals surface area contributed by atoms with Gasteiger partial charge in [-0.3, -0.25) is 0 Å². The first-order chi connectivity index (χ1) is 20.0. The summed E-state index contributed by atoms with van der Waals surface area (Å²) < 4.78 is 11.1. The van der Waals surface area contributed by atoms with Gasteiger partial charge in [-0.05, 0) is 42.7 Å². The summed E-state index contributed by atoms with van der Waals surface area (Å²) in [5.74, 6) is 2.73. The molecular weight excluding hydrogens is 560 g/mol. The lowest BCUT2D eigenvalue weighted by molar-refractivity contribution is 0.122. The third-order valence-electron chi connectivity index (χ3n) is 6.35. The summed E-state index contributed by atoms with van der Waals surface area (Å²) >= 11 is 6.51. The van der Waals surface area contributed by atoms with E-state index < -0.39 is 0 Å². The van der Waals surface area contributed by atoms with E-state index in [2.05, 4.69) is 34.7 Å². The summed E-state index contributed by atoms with van der Waals surface area (Å²) in [5.41, 5.74) is 14.7. The minimum atomic E-state index is 0.360. The fourth-order valence-corrected chi connectivity index (χ4v) is 4.96. The second-order valence-electron chi connectivity index (χ2n) is 9.15. The average Bonchev–Trinajstić information content (AvgIpc) is 3.01. The van der Waals surface area contributed by atoms with E-state index >= 15 is 0 Å². The quantitative estimate of drug-likeness (QED) is 0.176. The molecule has 5 N–H and O–H groups in total. The Morgan fingerprint density at radius 1 is 0.732 bits per heavy atom. The molecule has 0 bridgehead atoms. The lowest BCUT2D eigenvalue weighted by Crippen LogP contribution is -2.36. The van der Waals surface area contributed by atoms with Crippen LogP contribution >= 0.6 is 24.0 Å². The van der Waals surface area contributed by atoms with Gasteiger partial charge >= 0.3 is 0 Å². The zero-order valence-electron chi connectivity index (χ0n) is 22.7. The number of anilines is 4. The van der Waals surface area contributed by atoms with Crippen molar-refractivity contribution in [2.75, 3.05) is 80.1 Å². The molecule has 2 aliphatic heterocycles. The summed E-state index contributed by atoms with van der Waals surface area (Å²) in [7, 11) is 0. The van der Waals surface area contributed by atoms with E-state index in [4.69, 9.17) is 38.1 Å². The largest absolute Gasteiger partial charge is 0.384 e. The molecule has 2 aliphatic rings. The zero-order chi connectivity index (χ0) is 28.6. The Kier molecular flexibility index (Phi) is 9.56. The van der Waals surface area contributed by atoms with Gasteiger partial charge in [0.2, 0.25) is 0 Å². The summed E-state index contributed by atoms with van der Waals surface area (Å²) in [4.78, 5) is 29.4. The minimum Gasteiger partial charge on any atom is -0.384 e. The van der Waals surface area contributed by atoms with Gasteiger partial charge in [-0.25, -0.2) is 24.9 Å². The van der Waals surface area contributed by atoms with Gasteiger partial charge in [0.05, 0.1) is 49.2 Å². The number of pyridine rings is 2. The molecule has 4 aromatic rings. The SMILES string of the molecule is CSc1nc(N)cc(-c2cccc(N3CCOCC3)n2)n1.Nc1cc(-c2cccc(N3CCOCC3)n2)[nH]c(=S)n1. The molecule has 41 heavy (non-hydrogen) atoms. The van der Waals surface area contributed by atoms with Gasteiger partial charge in [0, 0.05) is 38.3 Å². The van der Waals surface area contributed by atoms with Crippen LogP contribution in [0.2, 0.25) is 0 Å². The molecule has 0 radical (unpaired) electrons. The number of ether oxygens (including phenoxy) is 2. The first-order valence-electron chi connectivity index (χ1n) is 13.1. The molecule has 2 saturated heterocycles. The van der Waals surface area contributed by atoms with Crippen molar-refractivity contribution in [1.82, 2.24) is 29.9 Å². The van der Waals surface area contributed by atoms with Crippen LogP contribution in [0.5, 0.6) is 0 Å². The summed E-state index contributed by atoms with van der Waals surface area (Å²) in [6.45, 7) is 6.37. The molecule has 6 rings (SSSR count). The van der Waals surface area contributed by atoms with Crippen LogP contribution in [0.4, 0.5) is 23.3 Å². The van der Waals surface area contributed by atoms with Gasteiger partial charge in [0.25, 0.3) is 0 Å². The molecule has 0 amide bonds. The number of hydrogen-bond donors (Lipinski definition) is 3. The van der Waals surface area contributed by atoms with E-state index in [1.807, 2.05) is 42.7 Å². The number of morpholine rings is 2. The Labute approximate surface area is 247 Å². The number of H-pyrrole nitrogens is 1. The van der Waals surface area contributed by atoms with Crippen LogP contribution in [0.1, 0.15) is 0 Å². The van der Waals surface area contributed by atoms with Gasteiger partial charge < -0.3 is 35.7 Å². The summed E-state index contributed by atoms with van der Waals surface area (Å²) in [6.07, 6.45) is 1.93. The number of aromatic nitrogens is 6. The fraction of sp³-hybridized carbons (Fsp3) is 0.333. The molecule has 2 fully saturated rings. The van der Waals surface area contributed by atoms with E-state index in [-0.39, 0.29) is 0 Å². The Morgan fingerprint density at radius 3 is 1.88 bits per heavy atom. The lowest BCUT2D eigenvalue weighted by Gasteiger charge is -2.28. The van der Waals surface area contributed by atoms with Crippen LogP contribution in [0.3, 0.4) is 0 Å². The van der Waals surface area contributed by atoms with Crippen molar-refractivity contribution >= 4 is 47.3 Å². The smallest absolute Gasteiger partial charge is 0.199 e. The maximum atomic E-state index is 5.83. The molecule has 12 nitrogen and oxygen atoms in total. The predicted molar refractivity (Wildman–Crippen MR) is 165 cm³/mol. The maximum Gasteiger partial charge on any atom is 0.199 e. The monoisotopic (exact) mass is 592 g/mol. The number of nitrogens with one attached hydrogen (secondary N) is 1. The maximum absolute atomic E-state index is 5.83. The highest BCUT2D eigenvalue weighted by Crippen LogP contribution is 2.23. The summed E-state index contributed by atoms with van der Waals surface area (Å²) in [6, 6.07) is 15.3. The number of rotatable bonds is 5. The number of nitrogens with two attached hydrogens (primary N) is 2. The molecule has 0 atom stereocenters. The van der Waals surface area contributed by atoms with Crippen LogP contribution in [0.25, 0.3) is 22.8 Å². The van der Waals surface area contributed by atoms with E-state index in [0.717, 1.165) is 87.0 Å². The lowest BCUT2D eigenvalue weighted by atomic mass is 10.2. The van der Waals surface area contributed by atoms with E-state index in [9.17, 15) is 0 Å². The number of aromatic amines is 1. The second-order valence-corrected chi connectivity index (χ2v) is 10.3. The molecular formula is C27H32N10O2S2. The number of nitrogen functional groups attached to an aromatic ring is 2. The molecule has 14 heteroatoms. The predicted octanol–water partition coefficient (Wildman–Crippen LogP) is 3.30. The molecule has 0 unspecified atom stereocenters. The molecule has 6 heterocycles. The van der Waals surface area contributed by atoms with E-state index in [0.29, 0.717) is 21.6 Å². The van der Waals surface area contributed by atoms with Crippen LogP contribution in [-0.4, -0.2) is 88.8 Å². The van der Waals surface area contributed by atoms with Crippen molar-refractivity contribution < 1.29 is 9.47 Å². The van der Waals surface area contributed by atoms with Crippen molar-refractivity contribution in [3.05, 3.63) is 53.3 Å². The molecule has 0 saturated carbocycles.